The van der Waals surface area contributed by atoms with Crippen LogP contribution in [0.5, 0.6) is 0 Å². The van der Waals surface area contributed by atoms with E-state index in [1.807, 2.05) is 4.68 Å². The molecule has 5 heteroatoms. The molecule has 1 heterocycles. The third-order valence-electron chi connectivity index (χ3n) is 3.86. The quantitative estimate of drug-likeness (QED) is 0.846. The molecular formula is C12H17N3O2. The number of aromatic carboxylic acids is 1. The molecule has 1 aromatic rings. The van der Waals surface area contributed by atoms with Crippen LogP contribution in [-0.4, -0.2) is 26.1 Å². The van der Waals surface area contributed by atoms with E-state index < -0.39 is 5.97 Å². The molecule has 0 aromatic carbocycles. The Hall–Kier alpha value is -1.39. The van der Waals surface area contributed by atoms with Gasteiger partial charge in [0.2, 0.25) is 0 Å². The van der Waals surface area contributed by atoms with Gasteiger partial charge < -0.3 is 5.11 Å². The largest absolute Gasteiger partial charge is 0.476 e. The Morgan fingerprint density at radius 3 is 2.71 bits per heavy atom. The van der Waals surface area contributed by atoms with Crippen molar-refractivity contribution in [3.8, 4) is 0 Å². The van der Waals surface area contributed by atoms with Crippen molar-refractivity contribution in [1.82, 2.24) is 15.0 Å². The fraction of sp³-hybridized carbons (Fsp3) is 0.750. The second-order valence-electron chi connectivity index (χ2n) is 5.36. The van der Waals surface area contributed by atoms with Gasteiger partial charge in [-0.25, -0.2) is 9.48 Å². The van der Waals surface area contributed by atoms with E-state index in [9.17, 15) is 4.79 Å². The Morgan fingerprint density at radius 1 is 1.47 bits per heavy atom. The van der Waals surface area contributed by atoms with E-state index in [1.165, 1.54) is 25.7 Å². The fourth-order valence-electron chi connectivity index (χ4n) is 2.37. The summed E-state index contributed by atoms with van der Waals surface area (Å²) in [7, 11) is 0. The van der Waals surface area contributed by atoms with Crippen LogP contribution in [-0.2, 0) is 6.42 Å². The van der Waals surface area contributed by atoms with E-state index in [0.717, 1.165) is 12.1 Å². The number of aromatic nitrogens is 3. The fourth-order valence-corrected chi connectivity index (χ4v) is 2.37. The van der Waals surface area contributed by atoms with E-state index in [2.05, 4.69) is 17.2 Å². The summed E-state index contributed by atoms with van der Waals surface area (Å²) < 4.78 is 1.86. The van der Waals surface area contributed by atoms with Crippen LogP contribution in [0.2, 0.25) is 0 Å². The zero-order valence-corrected chi connectivity index (χ0v) is 9.96. The van der Waals surface area contributed by atoms with Gasteiger partial charge in [-0.05, 0) is 50.9 Å². The SMILES string of the molecule is CC(C1CC1)n1nnc(C(=O)O)c1CC1CC1. The van der Waals surface area contributed by atoms with Gasteiger partial charge in [-0.15, -0.1) is 5.10 Å². The first-order chi connectivity index (χ1) is 8.16. The highest BCUT2D eigenvalue weighted by atomic mass is 16.4. The van der Waals surface area contributed by atoms with Crippen LogP contribution in [0, 0.1) is 11.8 Å². The Balaban J connectivity index is 1.91. The first kappa shape index (κ1) is 10.7. The van der Waals surface area contributed by atoms with Crippen LogP contribution >= 0.6 is 0 Å². The maximum absolute atomic E-state index is 11.1. The van der Waals surface area contributed by atoms with Crippen LogP contribution < -0.4 is 0 Å². The number of hydrogen-bond acceptors (Lipinski definition) is 3. The zero-order valence-electron chi connectivity index (χ0n) is 9.96. The van der Waals surface area contributed by atoms with Crippen molar-refractivity contribution in [2.75, 3.05) is 0 Å². The van der Waals surface area contributed by atoms with Crippen LogP contribution in [0.4, 0.5) is 0 Å². The van der Waals surface area contributed by atoms with Crippen LogP contribution in [0.1, 0.15) is 54.8 Å². The summed E-state index contributed by atoms with van der Waals surface area (Å²) in [5.41, 5.74) is 0.990. The number of rotatable bonds is 5. The molecular weight excluding hydrogens is 218 g/mol. The van der Waals surface area contributed by atoms with Crippen LogP contribution in [0.3, 0.4) is 0 Å². The Kier molecular flexibility index (Phi) is 2.42. The lowest BCUT2D eigenvalue weighted by Gasteiger charge is -2.13. The molecule has 2 aliphatic carbocycles. The first-order valence-corrected chi connectivity index (χ1v) is 6.34. The molecule has 0 aliphatic heterocycles. The van der Waals surface area contributed by atoms with Gasteiger partial charge >= 0.3 is 5.97 Å². The minimum absolute atomic E-state index is 0.157. The van der Waals surface area contributed by atoms with Gasteiger partial charge in [0.15, 0.2) is 5.69 Å². The molecule has 1 N–H and O–H groups in total. The van der Waals surface area contributed by atoms with Crippen molar-refractivity contribution >= 4 is 5.97 Å². The molecule has 2 saturated carbocycles. The molecule has 92 valence electrons. The summed E-state index contributed by atoms with van der Waals surface area (Å²) in [5, 5.41) is 17.0. The monoisotopic (exact) mass is 235 g/mol. The predicted octanol–water partition coefficient (Wildman–Crippen LogP) is 1.90. The Bertz CT molecular complexity index is 447. The van der Waals surface area contributed by atoms with Crippen molar-refractivity contribution in [2.45, 2.75) is 45.1 Å². The number of carboxylic acid groups (broad SMARTS) is 1. The number of hydrogen-bond donors (Lipinski definition) is 1. The van der Waals surface area contributed by atoms with Crippen molar-refractivity contribution in [3.63, 3.8) is 0 Å². The molecule has 2 aliphatic rings. The highest BCUT2D eigenvalue weighted by Gasteiger charge is 2.34. The van der Waals surface area contributed by atoms with Gasteiger partial charge in [-0.1, -0.05) is 5.21 Å². The average Bonchev–Trinajstić information content (AvgIpc) is 3.14. The number of carbonyl (C=O) groups is 1. The van der Waals surface area contributed by atoms with Gasteiger partial charge in [0, 0.05) is 0 Å². The molecule has 2 fully saturated rings. The van der Waals surface area contributed by atoms with E-state index in [1.54, 1.807) is 0 Å². The topological polar surface area (TPSA) is 68.0 Å². The summed E-state index contributed by atoms with van der Waals surface area (Å²) in [4.78, 5) is 11.1. The second kappa shape index (κ2) is 3.82. The molecule has 0 spiro atoms. The van der Waals surface area contributed by atoms with E-state index in [0.29, 0.717) is 17.9 Å². The van der Waals surface area contributed by atoms with Crippen LogP contribution in [0.15, 0.2) is 0 Å². The molecule has 17 heavy (non-hydrogen) atoms. The van der Waals surface area contributed by atoms with Crippen molar-refractivity contribution < 1.29 is 9.90 Å². The lowest BCUT2D eigenvalue weighted by Crippen LogP contribution is -2.14. The van der Waals surface area contributed by atoms with Crippen molar-refractivity contribution in [2.24, 2.45) is 11.8 Å². The minimum Gasteiger partial charge on any atom is -0.476 e. The lowest BCUT2D eigenvalue weighted by atomic mass is 10.1. The molecule has 1 atom stereocenters. The van der Waals surface area contributed by atoms with Gasteiger partial charge in [0.25, 0.3) is 0 Å². The Labute approximate surface area is 99.8 Å². The standard InChI is InChI=1S/C12H17N3O2/c1-7(9-4-5-9)15-10(6-8-2-3-8)11(12(16)17)13-14-15/h7-9H,2-6H2,1H3,(H,16,17). The molecule has 1 aromatic heterocycles. The summed E-state index contributed by atoms with van der Waals surface area (Å²) >= 11 is 0. The molecule has 0 bridgehead atoms. The zero-order chi connectivity index (χ0) is 12.0. The maximum Gasteiger partial charge on any atom is 0.358 e. The lowest BCUT2D eigenvalue weighted by molar-refractivity contribution is 0.0689. The van der Waals surface area contributed by atoms with Gasteiger partial charge in [0.1, 0.15) is 0 Å². The summed E-state index contributed by atoms with van der Waals surface area (Å²) in [5.74, 6) is 0.364. The predicted molar refractivity (Wildman–Crippen MR) is 60.8 cm³/mol. The molecule has 3 rings (SSSR count). The molecule has 0 saturated heterocycles. The molecule has 0 amide bonds. The Morgan fingerprint density at radius 2 is 2.18 bits per heavy atom. The highest BCUT2D eigenvalue weighted by Crippen LogP contribution is 2.41. The number of carboxylic acids is 1. The molecule has 0 radical (unpaired) electrons. The normalized spacial score (nSPS) is 21.5. The van der Waals surface area contributed by atoms with Gasteiger partial charge in [-0.3, -0.25) is 0 Å². The first-order valence-electron chi connectivity index (χ1n) is 6.34. The summed E-state index contributed by atoms with van der Waals surface area (Å²) in [6, 6.07) is 0.296. The molecule has 5 nitrogen and oxygen atoms in total. The third kappa shape index (κ3) is 2.06. The third-order valence-corrected chi connectivity index (χ3v) is 3.86. The van der Waals surface area contributed by atoms with E-state index in [-0.39, 0.29) is 5.69 Å². The van der Waals surface area contributed by atoms with Gasteiger partial charge in [-0.2, -0.15) is 0 Å². The average molecular weight is 235 g/mol. The van der Waals surface area contributed by atoms with Crippen molar-refractivity contribution in [1.29, 1.82) is 0 Å². The van der Waals surface area contributed by atoms with E-state index >= 15 is 0 Å². The van der Waals surface area contributed by atoms with Crippen molar-refractivity contribution in [3.05, 3.63) is 11.4 Å². The van der Waals surface area contributed by atoms with E-state index in [4.69, 9.17) is 5.11 Å². The summed E-state index contributed by atoms with van der Waals surface area (Å²) in [6.45, 7) is 2.12. The second-order valence-corrected chi connectivity index (χ2v) is 5.36. The van der Waals surface area contributed by atoms with Gasteiger partial charge in [0.05, 0.1) is 11.7 Å². The molecule has 1 unspecified atom stereocenters. The number of nitrogens with zero attached hydrogens (tertiary/aromatic N) is 3. The highest BCUT2D eigenvalue weighted by molar-refractivity contribution is 5.86. The minimum atomic E-state index is -0.949. The summed E-state index contributed by atoms with van der Waals surface area (Å²) in [6.07, 6.45) is 5.70. The smallest absolute Gasteiger partial charge is 0.358 e. The van der Waals surface area contributed by atoms with Crippen LogP contribution in [0.25, 0.3) is 0 Å². The maximum atomic E-state index is 11.1.